The first-order valence-electron chi connectivity index (χ1n) is 10.7. The third-order valence-electron chi connectivity index (χ3n) is 6.06. The maximum Gasteiger partial charge on any atom is 0.264 e. The lowest BCUT2D eigenvalue weighted by Gasteiger charge is -2.38. The van der Waals surface area contributed by atoms with Gasteiger partial charge in [-0.05, 0) is 86.6 Å². The molecule has 162 valence electrons. The number of rotatable bonds is 6. The zero-order valence-electron chi connectivity index (χ0n) is 18.3. The second-order valence-electron chi connectivity index (χ2n) is 8.33. The highest BCUT2D eigenvalue weighted by molar-refractivity contribution is 7.92. The van der Waals surface area contributed by atoms with E-state index in [4.69, 9.17) is 4.74 Å². The number of hydrogen-bond donors (Lipinski definition) is 0. The van der Waals surface area contributed by atoms with Gasteiger partial charge in [-0.2, -0.15) is 0 Å². The van der Waals surface area contributed by atoms with E-state index in [1.54, 1.807) is 23.5 Å². The van der Waals surface area contributed by atoms with Crippen LogP contribution in [0.15, 0.2) is 71.6 Å². The van der Waals surface area contributed by atoms with Crippen molar-refractivity contribution in [3.63, 3.8) is 0 Å². The van der Waals surface area contributed by atoms with E-state index in [1.165, 1.54) is 5.56 Å². The fourth-order valence-corrected chi connectivity index (χ4v) is 6.00. The number of hydrogen-bond acceptors (Lipinski definition) is 3. The molecule has 0 aliphatic carbocycles. The number of ether oxygens (including phenoxy) is 1. The Balaban J connectivity index is 1.68. The zero-order valence-corrected chi connectivity index (χ0v) is 19.2. The third kappa shape index (κ3) is 4.47. The van der Waals surface area contributed by atoms with Gasteiger partial charge in [-0.3, -0.25) is 4.31 Å². The molecule has 5 heteroatoms. The number of benzene rings is 3. The largest absolute Gasteiger partial charge is 0.497 e. The SMILES string of the molecule is COc1ccc(CCC2CCc3ccc(C)cc3N2S(=O)(=O)c2ccc(C)cc2)cc1. The first-order valence-corrected chi connectivity index (χ1v) is 12.2. The molecule has 1 heterocycles. The van der Waals surface area contributed by atoms with Crippen molar-refractivity contribution in [2.45, 2.75) is 50.5 Å². The van der Waals surface area contributed by atoms with E-state index in [1.807, 2.05) is 44.2 Å². The molecule has 1 aliphatic heterocycles. The summed E-state index contributed by atoms with van der Waals surface area (Å²) in [5, 5.41) is 0. The van der Waals surface area contributed by atoms with Gasteiger partial charge < -0.3 is 4.74 Å². The van der Waals surface area contributed by atoms with E-state index in [0.717, 1.165) is 53.8 Å². The number of fused-ring (bicyclic) bond motifs is 1. The quantitative estimate of drug-likeness (QED) is 0.517. The minimum Gasteiger partial charge on any atom is -0.497 e. The summed E-state index contributed by atoms with van der Waals surface area (Å²) in [5.41, 5.74) is 5.22. The molecule has 0 aromatic heterocycles. The standard InChI is InChI=1S/C26H29NO3S/c1-19-5-16-25(17-6-19)31(28,29)27-23(12-7-21-8-14-24(30-3)15-9-21)13-11-22-10-4-20(2)18-26(22)27/h4-6,8-10,14-18,23H,7,11-13H2,1-3H3. The summed E-state index contributed by atoms with van der Waals surface area (Å²) in [6, 6.07) is 21.2. The molecular formula is C26H29NO3S. The van der Waals surface area contributed by atoms with Crippen molar-refractivity contribution in [1.29, 1.82) is 0 Å². The summed E-state index contributed by atoms with van der Waals surface area (Å²) in [6.07, 6.45) is 3.29. The Morgan fingerprint density at radius 2 is 1.61 bits per heavy atom. The number of methoxy groups -OCH3 is 1. The van der Waals surface area contributed by atoms with Gasteiger partial charge >= 0.3 is 0 Å². The third-order valence-corrected chi connectivity index (χ3v) is 7.94. The van der Waals surface area contributed by atoms with Gasteiger partial charge in [0.15, 0.2) is 0 Å². The highest BCUT2D eigenvalue weighted by Gasteiger charge is 2.35. The van der Waals surface area contributed by atoms with Crippen LogP contribution in [0.3, 0.4) is 0 Å². The maximum atomic E-state index is 13.8. The van der Waals surface area contributed by atoms with Gasteiger partial charge in [0.25, 0.3) is 10.0 Å². The van der Waals surface area contributed by atoms with Crippen LogP contribution in [0.4, 0.5) is 5.69 Å². The molecular weight excluding hydrogens is 406 g/mol. The Hall–Kier alpha value is -2.79. The Morgan fingerprint density at radius 3 is 2.29 bits per heavy atom. The van der Waals surface area contributed by atoms with Gasteiger partial charge in [0.2, 0.25) is 0 Å². The molecule has 1 aliphatic rings. The minimum atomic E-state index is -3.66. The first-order chi connectivity index (χ1) is 14.9. The molecule has 31 heavy (non-hydrogen) atoms. The summed E-state index contributed by atoms with van der Waals surface area (Å²) in [4.78, 5) is 0.349. The molecule has 0 saturated heterocycles. The summed E-state index contributed by atoms with van der Waals surface area (Å²) >= 11 is 0. The normalized spacial score (nSPS) is 16.1. The number of nitrogens with zero attached hydrogens (tertiary/aromatic N) is 1. The van der Waals surface area contributed by atoms with Crippen molar-refractivity contribution >= 4 is 15.7 Å². The second kappa shape index (κ2) is 8.75. The van der Waals surface area contributed by atoms with E-state index in [2.05, 4.69) is 24.3 Å². The van der Waals surface area contributed by atoms with Crippen LogP contribution in [0.25, 0.3) is 0 Å². The predicted octanol–water partition coefficient (Wildman–Crippen LogP) is 5.45. The Bertz CT molecular complexity index is 1150. The molecule has 3 aromatic carbocycles. The summed E-state index contributed by atoms with van der Waals surface area (Å²) in [6.45, 7) is 3.98. The minimum absolute atomic E-state index is 0.0808. The average Bonchev–Trinajstić information content (AvgIpc) is 2.77. The van der Waals surface area contributed by atoms with E-state index in [9.17, 15) is 8.42 Å². The van der Waals surface area contributed by atoms with Gasteiger partial charge in [-0.25, -0.2) is 8.42 Å². The molecule has 0 spiro atoms. The van der Waals surface area contributed by atoms with Crippen LogP contribution in [0.1, 0.15) is 35.1 Å². The smallest absolute Gasteiger partial charge is 0.264 e. The van der Waals surface area contributed by atoms with Crippen molar-refractivity contribution < 1.29 is 13.2 Å². The summed E-state index contributed by atoms with van der Waals surface area (Å²) in [7, 11) is -2.00. The molecule has 0 N–H and O–H groups in total. The van der Waals surface area contributed by atoms with E-state index < -0.39 is 10.0 Å². The Labute approximate surface area is 185 Å². The topological polar surface area (TPSA) is 46.6 Å². The molecule has 0 bridgehead atoms. The van der Waals surface area contributed by atoms with Gasteiger partial charge in [0.1, 0.15) is 5.75 Å². The first kappa shape index (κ1) is 21.4. The van der Waals surface area contributed by atoms with Gasteiger partial charge in [0, 0.05) is 6.04 Å². The average molecular weight is 436 g/mol. The number of aryl methyl sites for hydroxylation is 4. The lowest BCUT2D eigenvalue weighted by atomic mass is 9.93. The Morgan fingerprint density at radius 1 is 0.935 bits per heavy atom. The fraction of sp³-hybridized carbons (Fsp3) is 0.308. The highest BCUT2D eigenvalue weighted by Crippen LogP contribution is 2.37. The van der Waals surface area contributed by atoms with Crippen LogP contribution in [-0.4, -0.2) is 21.6 Å². The molecule has 0 fully saturated rings. The molecule has 4 rings (SSSR count). The molecule has 0 amide bonds. The number of sulfonamides is 1. The molecule has 1 unspecified atom stereocenters. The lowest BCUT2D eigenvalue weighted by Crippen LogP contribution is -2.44. The second-order valence-corrected chi connectivity index (χ2v) is 10.1. The van der Waals surface area contributed by atoms with E-state index in [0.29, 0.717) is 4.90 Å². The zero-order chi connectivity index (χ0) is 22.0. The summed E-state index contributed by atoms with van der Waals surface area (Å²) < 4.78 is 34.5. The maximum absolute atomic E-state index is 13.8. The van der Waals surface area contributed by atoms with Gasteiger partial charge in [-0.1, -0.05) is 42.0 Å². The van der Waals surface area contributed by atoms with Crippen molar-refractivity contribution in [3.05, 3.63) is 89.0 Å². The lowest BCUT2D eigenvalue weighted by molar-refractivity contribution is 0.414. The fourth-order valence-electron chi connectivity index (χ4n) is 4.26. The molecule has 4 nitrogen and oxygen atoms in total. The van der Waals surface area contributed by atoms with Crippen molar-refractivity contribution in [3.8, 4) is 5.75 Å². The number of anilines is 1. The summed E-state index contributed by atoms with van der Waals surface area (Å²) in [5.74, 6) is 0.828. The van der Waals surface area contributed by atoms with Crippen LogP contribution in [0.2, 0.25) is 0 Å². The van der Waals surface area contributed by atoms with Gasteiger partial charge in [-0.15, -0.1) is 0 Å². The predicted molar refractivity (Wildman–Crippen MR) is 125 cm³/mol. The van der Waals surface area contributed by atoms with Crippen LogP contribution in [0.5, 0.6) is 5.75 Å². The molecule has 3 aromatic rings. The van der Waals surface area contributed by atoms with Crippen LogP contribution in [-0.2, 0) is 22.9 Å². The molecule has 0 radical (unpaired) electrons. The molecule has 0 saturated carbocycles. The monoisotopic (exact) mass is 435 g/mol. The van der Waals surface area contributed by atoms with Crippen LogP contribution < -0.4 is 9.04 Å². The van der Waals surface area contributed by atoms with Crippen molar-refractivity contribution in [1.82, 2.24) is 0 Å². The Kier molecular flexibility index (Phi) is 6.05. The van der Waals surface area contributed by atoms with Crippen molar-refractivity contribution in [2.24, 2.45) is 0 Å². The van der Waals surface area contributed by atoms with Gasteiger partial charge in [0.05, 0.1) is 17.7 Å². The highest BCUT2D eigenvalue weighted by atomic mass is 32.2. The van der Waals surface area contributed by atoms with Crippen LogP contribution in [0, 0.1) is 13.8 Å². The van der Waals surface area contributed by atoms with Crippen LogP contribution >= 0.6 is 0 Å². The van der Waals surface area contributed by atoms with E-state index in [-0.39, 0.29) is 6.04 Å². The van der Waals surface area contributed by atoms with E-state index >= 15 is 0 Å². The molecule has 1 atom stereocenters. The van der Waals surface area contributed by atoms with Crippen molar-refractivity contribution in [2.75, 3.05) is 11.4 Å².